The normalized spacial score (nSPS) is 34.3. The third-order valence-electron chi connectivity index (χ3n) is 3.94. The highest BCUT2D eigenvalue weighted by Gasteiger charge is 2.35. The first-order valence-corrected chi connectivity index (χ1v) is 6.18. The fraction of sp³-hybridized carbons (Fsp3) is 0.714. The lowest BCUT2D eigenvalue weighted by Crippen LogP contribution is -2.34. The van der Waals surface area contributed by atoms with Crippen molar-refractivity contribution in [1.29, 1.82) is 0 Å². The lowest BCUT2D eigenvalue weighted by Gasteiger charge is -2.22. The van der Waals surface area contributed by atoms with Gasteiger partial charge in [-0.1, -0.05) is 19.1 Å². The molecule has 0 amide bonds. The Kier molecular flexibility index (Phi) is 3.49. The Bertz CT molecular complexity index is 274. The molecular weight excluding hydrogens is 182 g/mol. The molecule has 2 aliphatic rings. The summed E-state index contributed by atoms with van der Waals surface area (Å²) in [6.45, 7) is 3.36. The quantitative estimate of drug-likeness (QED) is 0.535. The smallest absolute Gasteiger partial charge is 0.0240 e. The molecule has 1 nitrogen and oxygen atoms in total. The zero-order valence-electron chi connectivity index (χ0n) is 9.58. The maximum Gasteiger partial charge on any atom is 0.0240 e. The Labute approximate surface area is 93.3 Å². The number of fused-ring (bicyclic) bond motifs is 2. The first-order chi connectivity index (χ1) is 7.33. The molecule has 0 aliphatic heterocycles. The van der Waals surface area contributed by atoms with Gasteiger partial charge in [0.2, 0.25) is 0 Å². The molecule has 4 atom stereocenters. The molecule has 0 saturated heterocycles. The lowest BCUT2D eigenvalue weighted by molar-refractivity contribution is 0.379. The molecule has 0 spiro atoms. The molecule has 0 radical (unpaired) electrons. The standard InChI is InChI=1S/C14H21N/c1-3-5-14(4-2)15-10-13-9-11-6-7-12(13)8-11/h1,6-7,11-15H,4-5,8-10H2,2H3. The van der Waals surface area contributed by atoms with Crippen molar-refractivity contribution in [2.45, 2.75) is 38.6 Å². The van der Waals surface area contributed by atoms with Crippen LogP contribution in [0.5, 0.6) is 0 Å². The van der Waals surface area contributed by atoms with E-state index in [2.05, 4.69) is 30.3 Å². The number of hydrogen-bond acceptors (Lipinski definition) is 1. The van der Waals surface area contributed by atoms with Crippen molar-refractivity contribution in [2.75, 3.05) is 6.54 Å². The van der Waals surface area contributed by atoms with Crippen molar-refractivity contribution in [2.24, 2.45) is 17.8 Å². The summed E-state index contributed by atoms with van der Waals surface area (Å²) in [5.41, 5.74) is 0. The molecule has 0 aromatic rings. The van der Waals surface area contributed by atoms with E-state index in [4.69, 9.17) is 6.42 Å². The first kappa shape index (κ1) is 10.8. The van der Waals surface area contributed by atoms with E-state index in [1.54, 1.807) is 0 Å². The van der Waals surface area contributed by atoms with Crippen LogP contribution >= 0.6 is 0 Å². The number of nitrogens with one attached hydrogen (secondary N) is 1. The summed E-state index contributed by atoms with van der Waals surface area (Å²) in [6.07, 6.45) is 15.0. The van der Waals surface area contributed by atoms with Gasteiger partial charge in [0, 0.05) is 12.5 Å². The highest BCUT2D eigenvalue weighted by molar-refractivity contribution is 5.10. The lowest BCUT2D eigenvalue weighted by atomic mass is 9.93. The Morgan fingerprint density at radius 3 is 2.87 bits per heavy atom. The van der Waals surface area contributed by atoms with Gasteiger partial charge in [0.1, 0.15) is 0 Å². The molecule has 2 rings (SSSR count). The molecule has 15 heavy (non-hydrogen) atoms. The van der Waals surface area contributed by atoms with Crippen molar-refractivity contribution in [3.8, 4) is 12.3 Å². The van der Waals surface area contributed by atoms with Crippen LogP contribution in [0.2, 0.25) is 0 Å². The molecule has 2 bridgehead atoms. The maximum absolute atomic E-state index is 5.35. The van der Waals surface area contributed by atoms with E-state index >= 15 is 0 Å². The molecule has 1 fully saturated rings. The van der Waals surface area contributed by atoms with Gasteiger partial charge in [-0.2, -0.15) is 0 Å². The van der Waals surface area contributed by atoms with E-state index in [1.165, 1.54) is 12.8 Å². The van der Waals surface area contributed by atoms with Crippen molar-refractivity contribution in [3.05, 3.63) is 12.2 Å². The number of allylic oxidation sites excluding steroid dienone is 2. The van der Waals surface area contributed by atoms with Crippen LogP contribution in [0.25, 0.3) is 0 Å². The molecule has 1 saturated carbocycles. The number of terminal acetylenes is 1. The van der Waals surface area contributed by atoms with Gasteiger partial charge in [-0.15, -0.1) is 12.3 Å². The second kappa shape index (κ2) is 4.86. The van der Waals surface area contributed by atoms with Gasteiger partial charge in [-0.3, -0.25) is 0 Å². The molecule has 82 valence electrons. The van der Waals surface area contributed by atoms with Crippen LogP contribution in [0.4, 0.5) is 0 Å². The van der Waals surface area contributed by atoms with Crippen molar-refractivity contribution in [1.82, 2.24) is 5.32 Å². The highest BCUT2D eigenvalue weighted by Crippen LogP contribution is 2.42. The van der Waals surface area contributed by atoms with E-state index < -0.39 is 0 Å². The molecule has 2 aliphatic carbocycles. The van der Waals surface area contributed by atoms with Crippen LogP contribution in [0, 0.1) is 30.1 Å². The average molecular weight is 203 g/mol. The Balaban J connectivity index is 1.74. The van der Waals surface area contributed by atoms with E-state index in [0.29, 0.717) is 6.04 Å². The zero-order chi connectivity index (χ0) is 10.7. The molecule has 1 heteroatoms. The van der Waals surface area contributed by atoms with Crippen LogP contribution in [-0.4, -0.2) is 12.6 Å². The summed E-state index contributed by atoms with van der Waals surface area (Å²) in [4.78, 5) is 0. The third-order valence-corrected chi connectivity index (χ3v) is 3.94. The predicted molar refractivity (Wildman–Crippen MR) is 64.4 cm³/mol. The maximum atomic E-state index is 5.35. The second-order valence-electron chi connectivity index (χ2n) is 4.96. The van der Waals surface area contributed by atoms with E-state index in [0.717, 1.165) is 37.1 Å². The van der Waals surface area contributed by atoms with Gasteiger partial charge in [0.15, 0.2) is 0 Å². The molecular formula is C14H21N. The highest BCUT2D eigenvalue weighted by atomic mass is 14.9. The van der Waals surface area contributed by atoms with Gasteiger partial charge >= 0.3 is 0 Å². The number of hydrogen-bond donors (Lipinski definition) is 1. The summed E-state index contributed by atoms with van der Waals surface area (Å²) < 4.78 is 0. The van der Waals surface area contributed by atoms with Crippen LogP contribution in [0.1, 0.15) is 32.6 Å². The average Bonchev–Trinajstić information content (AvgIpc) is 2.85. The van der Waals surface area contributed by atoms with Crippen molar-refractivity contribution >= 4 is 0 Å². The predicted octanol–water partition coefficient (Wildman–Crippen LogP) is 2.59. The molecule has 1 N–H and O–H groups in total. The zero-order valence-corrected chi connectivity index (χ0v) is 9.58. The molecule has 0 aromatic heterocycles. The van der Waals surface area contributed by atoms with Crippen LogP contribution in [-0.2, 0) is 0 Å². The van der Waals surface area contributed by atoms with Crippen LogP contribution < -0.4 is 5.32 Å². The molecule has 0 aromatic carbocycles. The van der Waals surface area contributed by atoms with Gasteiger partial charge in [-0.25, -0.2) is 0 Å². The fourth-order valence-corrected chi connectivity index (χ4v) is 2.95. The Morgan fingerprint density at radius 2 is 2.33 bits per heavy atom. The summed E-state index contributed by atoms with van der Waals surface area (Å²) >= 11 is 0. The minimum Gasteiger partial charge on any atom is -0.313 e. The van der Waals surface area contributed by atoms with Crippen LogP contribution in [0.3, 0.4) is 0 Å². The first-order valence-electron chi connectivity index (χ1n) is 6.18. The van der Waals surface area contributed by atoms with Gasteiger partial charge in [0.25, 0.3) is 0 Å². The van der Waals surface area contributed by atoms with Crippen LogP contribution in [0.15, 0.2) is 12.2 Å². The Hall–Kier alpha value is -0.740. The van der Waals surface area contributed by atoms with E-state index in [9.17, 15) is 0 Å². The van der Waals surface area contributed by atoms with E-state index in [1.807, 2.05) is 0 Å². The monoisotopic (exact) mass is 203 g/mol. The van der Waals surface area contributed by atoms with Crippen molar-refractivity contribution in [3.63, 3.8) is 0 Å². The van der Waals surface area contributed by atoms with Gasteiger partial charge in [-0.05, 0) is 43.6 Å². The second-order valence-corrected chi connectivity index (χ2v) is 4.96. The fourth-order valence-electron chi connectivity index (χ4n) is 2.95. The van der Waals surface area contributed by atoms with Crippen molar-refractivity contribution < 1.29 is 0 Å². The molecule has 4 unspecified atom stereocenters. The Morgan fingerprint density at radius 1 is 1.47 bits per heavy atom. The summed E-state index contributed by atoms with van der Waals surface area (Å²) in [5, 5.41) is 3.62. The summed E-state index contributed by atoms with van der Waals surface area (Å²) in [7, 11) is 0. The minimum atomic E-state index is 0.526. The molecule has 0 heterocycles. The minimum absolute atomic E-state index is 0.526. The summed E-state index contributed by atoms with van der Waals surface area (Å²) in [6, 6.07) is 0.526. The van der Waals surface area contributed by atoms with Gasteiger partial charge < -0.3 is 5.32 Å². The van der Waals surface area contributed by atoms with Gasteiger partial charge in [0.05, 0.1) is 0 Å². The topological polar surface area (TPSA) is 12.0 Å². The largest absolute Gasteiger partial charge is 0.313 e. The SMILES string of the molecule is C#CCC(CC)NCC1CC2C=CC1C2. The van der Waals surface area contributed by atoms with E-state index in [-0.39, 0.29) is 0 Å². The number of rotatable bonds is 5. The third kappa shape index (κ3) is 2.44. The summed E-state index contributed by atoms with van der Waals surface area (Å²) in [5.74, 6) is 5.36.